The maximum atomic E-state index is 3.85. The zero-order chi connectivity index (χ0) is 15.3. The molecule has 0 amide bonds. The van der Waals surface area contributed by atoms with Crippen molar-refractivity contribution in [2.24, 2.45) is 11.3 Å². The minimum atomic E-state index is 0.432. The van der Waals surface area contributed by atoms with Gasteiger partial charge in [0.1, 0.15) is 0 Å². The van der Waals surface area contributed by atoms with E-state index in [-0.39, 0.29) is 0 Å². The Hall–Kier alpha value is -0.380. The molecular weight excluding hydrogens is 276 g/mol. The van der Waals surface area contributed by atoms with Crippen LogP contribution in [0.15, 0.2) is 17.5 Å². The summed E-state index contributed by atoms with van der Waals surface area (Å²) in [5.41, 5.74) is 0.432. The highest BCUT2D eigenvalue weighted by molar-refractivity contribution is 7.09. The van der Waals surface area contributed by atoms with E-state index in [1.165, 1.54) is 37.1 Å². The quantitative estimate of drug-likeness (QED) is 0.804. The van der Waals surface area contributed by atoms with Crippen molar-refractivity contribution >= 4 is 11.3 Å². The lowest BCUT2D eigenvalue weighted by Crippen LogP contribution is -2.52. The van der Waals surface area contributed by atoms with Gasteiger partial charge in [0.2, 0.25) is 0 Å². The first-order valence-corrected chi connectivity index (χ1v) is 9.35. The van der Waals surface area contributed by atoms with E-state index < -0.39 is 0 Å². The van der Waals surface area contributed by atoms with Crippen molar-refractivity contribution in [3.8, 4) is 0 Å². The van der Waals surface area contributed by atoms with Crippen molar-refractivity contribution in [1.82, 2.24) is 10.2 Å². The van der Waals surface area contributed by atoms with Gasteiger partial charge in [0, 0.05) is 24.0 Å². The normalized spacial score (nSPS) is 25.4. The third-order valence-electron chi connectivity index (χ3n) is 4.88. The summed E-state index contributed by atoms with van der Waals surface area (Å²) >= 11 is 1.87. The summed E-state index contributed by atoms with van der Waals surface area (Å²) in [6.45, 7) is 10.6. The van der Waals surface area contributed by atoms with Crippen molar-refractivity contribution < 1.29 is 0 Å². The van der Waals surface area contributed by atoms with Crippen LogP contribution in [0.4, 0.5) is 0 Å². The van der Waals surface area contributed by atoms with Gasteiger partial charge in [-0.15, -0.1) is 11.3 Å². The third kappa shape index (κ3) is 4.80. The molecule has 0 radical (unpaired) electrons. The Morgan fingerprint density at radius 3 is 2.90 bits per heavy atom. The van der Waals surface area contributed by atoms with Crippen molar-refractivity contribution in [1.29, 1.82) is 0 Å². The molecule has 2 nitrogen and oxygen atoms in total. The van der Waals surface area contributed by atoms with Gasteiger partial charge in [-0.25, -0.2) is 0 Å². The Morgan fingerprint density at radius 1 is 1.43 bits per heavy atom. The van der Waals surface area contributed by atoms with Crippen molar-refractivity contribution in [3.63, 3.8) is 0 Å². The standard InChI is InChI=1S/C18H32N2S/c1-5-11-19-17-15(8-6-10-18(17,2)3)13-20(4)14-16-9-7-12-21-16/h7,9,12,15,17,19H,5-6,8,10-11,13-14H2,1-4H3. The first-order chi connectivity index (χ1) is 10.0. The largest absolute Gasteiger partial charge is 0.313 e. The van der Waals surface area contributed by atoms with Crippen LogP contribution in [0.1, 0.15) is 51.3 Å². The van der Waals surface area contributed by atoms with E-state index in [1.54, 1.807) is 0 Å². The average Bonchev–Trinajstić information content (AvgIpc) is 2.90. The molecule has 2 atom stereocenters. The second-order valence-corrected chi connectivity index (χ2v) is 8.38. The van der Waals surface area contributed by atoms with Crippen LogP contribution in [0, 0.1) is 11.3 Å². The van der Waals surface area contributed by atoms with E-state index in [1.807, 2.05) is 11.3 Å². The smallest absolute Gasteiger partial charge is 0.0324 e. The first kappa shape index (κ1) is 17.0. The van der Waals surface area contributed by atoms with Gasteiger partial charge in [0.25, 0.3) is 0 Å². The molecule has 0 bridgehead atoms. The summed E-state index contributed by atoms with van der Waals surface area (Å²) in [5.74, 6) is 0.783. The fourth-order valence-corrected chi connectivity index (χ4v) is 4.64. The van der Waals surface area contributed by atoms with Gasteiger partial charge >= 0.3 is 0 Å². The molecule has 1 saturated carbocycles. The van der Waals surface area contributed by atoms with Gasteiger partial charge in [-0.3, -0.25) is 0 Å². The summed E-state index contributed by atoms with van der Waals surface area (Å²) in [6, 6.07) is 5.07. The summed E-state index contributed by atoms with van der Waals surface area (Å²) in [6.07, 6.45) is 5.35. The molecule has 1 heterocycles. The van der Waals surface area contributed by atoms with Crippen LogP contribution in [0.25, 0.3) is 0 Å². The monoisotopic (exact) mass is 308 g/mol. The Morgan fingerprint density at radius 2 is 2.24 bits per heavy atom. The van der Waals surface area contributed by atoms with E-state index in [0.717, 1.165) is 19.0 Å². The Balaban J connectivity index is 1.94. The molecule has 1 N–H and O–H groups in total. The summed E-state index contributed by atoms with van der Waals surface area (Å²) in [4.78, 5) is 3.99. The molecule has 120 valence electrons. The van der Waals surface area contributed by atoms with Gasteiger partial charge in [-0.05, 0) is 55.6 Å². The Kier molecular flexibility index (Phi) is 6.27. The molecule has 0 aliphatic heterocycles. The molecule has 1 aromatic rings. The summed E-state index contributed by atoms with van der Waals surface area (Å²) in [5, 5.41) is 6.03. The average molecular weight is 309 g/mol. The maximum Gasteiger partial charge on any atom is 0.0324 e. The first-order valence-electron chi connectivity index (χ1n) is 8.47. The highest BCUT2D eigenvalue weighted by atomic mass is 32.1. The lowest BCUT2D eigenvalue weighted by molar-refractivity contribution is 0.0840. The van der Waals surface area contributed by atoms with Gasteiger partial charge in [-0.2, -0.15) is 0 Å². The number of thiophene rings is 1. The van der Waals surface area contributed by atoms with E-state index in [0.29, 0.717) is 11.5 Å². The Bertz CT molecular complexity index is 399. The number of nitrogens with zero attached hydrogens (tertiary/aromatic N) is 1. The second-order valence-electron chi connectivity index (χ2n) is 7.35. The molecule has 1 fully saturated rings. The molecule has 2 unspecified atom stereocenters. The van der Waals surface area contributed by atoms with Crippen LogP contribution >= 0.6 is 11.3 Å². The predicted octanol–water partition coefficient (Wildman–Crippen LogP) is 4.37. The molecule has 2 rings (SSSR count). The van der Waals surface area contributed by atoms with Gasteiger partial charge in [0.15, 0.2) is 0 Å². The fourth-order valence-electron chi connectivity index (χ4n) is 3.85. The third-order valence-corrected chi connectivity index (χ3v) is 5.74. The molecular formula is C18H32N2S. The molecule has 0 saturated heterocycles. The van der Waals surface area contributed by atoms with Crippen molar-refractivity contribution in [2.45, 2.75) is 59.0 Å². The molecule has 1 aromatic heterocycles. The number of rotatable bonds is 7. The Labute approximate surface area is 134 Å². The second kappa shape index (κ2) is 7.75. The van der Waals surface area contributed by atoms with E-state index >= 15 is 0 Å². The van der Waals surface area contributed by atoms with Crippen LogP contribution < -0.4 is 5.32 Å². The fraction of sp³-hybridized carbons (Fsp3) is 0.778. The molecule has 0 spiro atoms. The van der Waals surface area contributed by atoms with E-state index in [9.17, 15) is 0 Å². The highest BCUT2D eigenvalue weighted by Crippen LogP contribution is 2.39. The van der Waals surface area contributed by atoms with Gasteiger partial charge in [-0.1, -0.05) is 33.3 Å². The molecule has 1 aliphatic rings. The van der Waals surface area contributed by atoms with Crippen molar-refractivity contribution in [3.05, 3.63) is 22.4 Å². The molecule has 3 heteroatoms. The van der Waals surface area contributed by atoms with Gasteiger partial charge in [0.05, 0.1) is 0 Å². The molecule has 21 heavy (non-hydrogen) atoms. The number of hydrogen-bond acceptors (Lipinski definition) is 3. The van der Waals surface area contributed by atoms with Crippen molar-refractivity contribution in [2.75, 3.05) is 20.1 Å². The minimum absolute atomic E-state index is 0.432. The molecule has 1 aliphatic carbocycles. The van der Waals surface area contributed by atoms with Crippen LogP contribution in [-0.4, -0.2) is 31.1 Å². The highest BCUT2D eigenvalue weighted by Gasteiger charge is 2.38. The van der Waals surface area contributed by atoms with Crippen LogP contribution in [0.5, 0.6) is 0 Å². The van der Waals surface area contributed by atoms with Crippen LogP contribution in [-0.2, 0) is 6.54 Å². The van der Waals surface area contributed by atoms with E-state index in [2.05, 4.69) is 55.5 Å². The number of nitrogens with one attached hydrogen (secondary N) is 1. The molecule has 0 aromatic carbocycles. The summed E-state index contributed by atoms with van der Waals surface area (Å²) in [7, 11) is 2.28. The van der Waals surface area contributed by atoms with E-state index in [4.69, 9.17) is 0 Å². The zero-order valence-corrected chi connectivity index (χ0v) is 15.0. The minimum Gasteiger partial charge on any atom is -0.313 e. The van der Waals surface area contributed by atoms with Crippen LogP contribution in [0.2, 0.25) is 0 Å². The topological polar surface area (TPSA) is 15.3 Å². The summed E-state index contributed by atoms with van der Waals surface area (Å²) < 4.78 is 0. The zero-order valence-electron chi connectivity index (χ0n) is 14.2. The predicted molar refractivity (Wildman–Crippen MR) is 93.9 cm³/mol. The SMILES string of the molecule is CCCNC1C(CN(C)Cc2cccs2)CCCC1(C)C. The lowest BCUT2D eigenvalue weighted by Gasteiger charge is -2.46. The van der Waals surface area contributed by atoms with Gasteiger partial charge < -0.3 is 10.2 Å². The maximum absolute atomic E-state index is 3.85. The number of hydrogen-bond donors (Lipinski definition) is 1. The van der Waals surface area contributed by atoms with Crippen LogP contribution in [0.3, 0.4) is 0 Å². The lowest BCUT2D eigenvalue weighted by atomic mass is 9.67.